The number of hydrogen-bond donors (Lipinski definition) is 1. The second-order valence-corrected chi connectivity index (χ2v) is 4.10. The van der Waals surface area contributed by atoms with E-state index in [2.05, 4.69) is 17.5 Å². The fourth-order valence-corrected chi connectivity index (χ4v) is 1.43. The second-order valence-electron chi connectivity index (χ2n) is 4.10. The Hall–Kier alpha value is -2.04. The lowest BCUT2D eigenvalue weighted by Crippen LogP contribution is -2.25. The molecule has 0 atom stereocenters. The van der Waals surface area contributed by atoms with Crippen LogP contribution in [0.5, 0.6) is 11.5 Å². The highest BCUT2D eigenvalue weighted by molar-refractivity contribution is 5.84. The average Bonchev–Trinajstić information content (AvgIpc) is 2.44. The first-order valence-electron chi connectivity index (χ1n) is 6.24. The Bertz CT molecular complexity index is 427. The Balaban J connectivity index is 2.35. The van der Waals surface area contributed by atoms with E-state index < -0.39 is 0 Å². The summed E-state index contributed by atoms with van der Waals surface area (Å²) in [5, 5.41) is 3.97. The van der Waals surface area contributed by atoms with Crippen molar-refractivity contribution in [2.75, 3.05) is 13.7 Å². The molecule has 0 aromatic heterocycles. The predicted octanol–water partition coefficient (Wildman–Crippen LogP) is 2.37. The van der Waals surface area contributed by atoms with E-state index in [-0.39, 0.29) is 12.5 Å². The fraction of sp³-hybridized carbons (Fsp3) is 0.429. The van der Waals surface area contributed by atoms with E-state index in [9.17, 15) is 4.79 Å². The number of carbonyl (C=O) groups is 1. The van der Waals surface area contributed by atoms with Gasteiger partial charge in [-0.3, -0.25) is 4.79 Å². The second kappa shape index (κ2) is 8.13. The number of methoxy groups -OCH3 is 1. The maximum Gasteiger partial charge on any atom is 0.277 e. The number of ether oxygens (including phenoxy) is 2. The predicted molar refractivity (Wildman–Crippen MR) is 74.6 cm³/mol. The molecule has 0 saturated carbocycles. The van der Waals surface area contributed by atoms with Gasteiger partial charge in [-0.15, -0.1) is 0 Å². The van der Waals surface area contributed by atoms with Crippen LogP contribution in [0.25, 0.3) is 0 Å². The van der Waals surface area contributed by atoms with Crippen molar-refractivity contribution in [1.29, 1.82) is 0 Å². The molecule has 1 aromatic rings. The normalized spacial score (nSPS) is 11.0. The molecule has 0 aliphatic rings. The lowest BCUT2D eigenvalue weighted by Gasteiger charge is -2.06. The molecule has 1 N–H and O–H groups in total. The molecule has 0 radical (unpaired) electrons. The Morgan fingerprint density at radius 2 is 1.89 bits per heavy atom. The molecule has 0 spiro atoms. The van der Waals surface area contributed by atoms with Gasteiger partial charge in [-0.05, 0) is 37.6 Å². The number of benzene rings is 1. The minimum atomic E-state index is -0.272. The number of hydrogen-bond acceptors (Lipinski definition) is 4. The molecule has 1 aromatic carbocycles. The zero-order valence-electron chi connectivity index (χ0n) is 11.6. The first kappa shape index (κ1) is 15.0. The summed E-state index contributed by atoms with van der Waals surface area (Å²) in [6.07, 6.45) is 1.88. The van der Waals surface area contributed by atoms with Crippen molar-refractivity contribution in [3.8, 4) is 11.5 Å². The average molecular weight is 264 g/mol. The van der Waals surface area contributed by atoms with Gasteiger partial charge >= 0.3 is 0 Å². The van der Waals surface area contributed by atoms with Gasteiger partial charge in [0.25, 0.3) is 5.91 Å². The third-order valence-corrected chi connectivity index (χ3v) is 2.41. The van der Waals surface area contributed by atoms with Gasteiger partial charge in [0.05, 0.1) is 7.11 Å². The number of hydrazone groups is 1. The van der Waals surface area contributed by atoms with Gasteiger partial charge in [0.2, 0.25) is 0 Å². The standard InChI is InChI=1S/C14H20N2O3/c1-4-5-11(2)15-16-14(17)10-19-13-8-6-12(18-3)7-9-13/h6-9H,4-5,10H2,1-3H3,(H,16,17)/b15-11-. The molecule has 0 bridgehead atoms. The van der Waals surface area contributed by atoms with E-state index in [1.54, 1.807) is 31.4 Å². The number of nitrogens with zero attached hydrogens (tertiary/aromatic N) is 1. The summed E-state index contributed by atoms with van der Waals surface area (Å²) in [5.41, 5.74) is 3.36. The molecule has 104 valence electrons. The number of nitrogens with one attached hydrogen (secondary N) is 1. The van der Waals surface area contributed by atoms with Crippen molar-refractivity contribution in [2.24, 2.45) is 5.10 Å². The number of rotatable bonds is 7. The van der Waals surface area contributed by atoms with E-state index in [1.165, 1.54) is 0 Å². The molecule has 0 heterocycles. The SMILES string of the molecule is CCC/C(C)=N\NC(=O)COc1ccc(OC)cc1. The van der Waals surface area contributed by atoms with Crippen LogP contribution in [0.3, 0.4) is 0 Å². The first-order valence-corrected chi connectivity index (χ1v) is 6.24. The third-order valence-electron chi connectivity index (χ3n) is 2.41. The van der Waals surface area contributed by atoms with E-state index in [1.807, 2.05) is 6.92 Å². The molecule has 1 amide bonds. The largest absolute Gasteiger partial charge is 0.497 e. The van der Waals surface area contributed by atoms with Gasteiger partial charge in [0.15, 0.2) is 6.61 Å². The van der Waals surface area contributed by atoms with Crippen molar-refractivity contribution in [1.82, 2.24) is 5.43 Å². The maximum atomic E-state index is 11.5. The molecule has 0 saturated heterocycles. The zero-order chi connectivity index (χ0) is 14.1. The fourth-order valence-electron chi connectivity index (χ4n) is 1.43. The van der Waals surface area contributed by atoms with Gasteiger partial charge in [-0.25, -0.2) is 5.43 Å². The van der Waals surface area contributed by atoms with Crippen LogP contribution in [0, 0.1) is 0 Å². The van der Waals surface area contributed by atoms with Crippen LogP contribution in [0.4, 0.5) is 0 Å². The molecule has 0 unspecified atom stereocenters. The summed E-state index contributed by atoms with van der Waals surface area (Å²) < 4.78 is 10.4. The van der Waals surface area contributed by atoms with Crippen LogP contribution in [-0.4, -0.2) is 25.3 Å². The summed E-state index contributed by atoms with van der Waals surface area (Å²) in [6, 6.07) is 7.04. The lowest BCUT2D eigenvalue weighted by molar-refractivity contribution is -0.123. The summed E-state index contributed by atoms with van der Waals surface area (Å²) >= 11 is 0. The summed E-state index contributed by atoms with van der Waals surface area (Å²) in [7, 11) is 1.60. The van der Waals surface area contributed by atoms with Crippen LogP contribution in [0.2, 0.25) is 0 Å². The van der Waals surface area contributed by atoms with Crippen molar-refractivity contribution >= 4 is 11.6 Å². The molecular formula is C14H20N2O3. The van der Waals surface area contributed by atoms with Crippen LogP contribution >= 0.6 is 0 Å². The monoisotopic (exact) mass is 264 g/mol. The molecule has 0 aliphatic carbocycles. The molecule has 0 aliphatic heterocycles. The van der Waals surface area contributed by atoms with E-state index in [4.69, 9.17) is 9.47 Å². The molecule has 19 heavy (non-hydrogen) atoms. The Kier molecular flexibility index (Phi) is 6.43. The highest BCUT2D eigenvalue weighted by atomic mass is 16.5. The van der Waals surface area contributed by atoms with Crippen molar-refractivity contribution in [3.05, 3.63) is 24.3 Å². The Labute approximate surface area is 113 Å². The Morgan fingerprint density at radius 3 is 2.47 bits per heavy atom. The van der Waals surface area contributed by atoms with Gasteiger partial charge in [0, 0.05) is 5.71 Å². The lowest BCUT2D eigenvalue weighted by atomic mass is 10.2. The van der Waals surface area contributed by atoms with Crippen molar-refractivity contribution < 1.29 is 14.3 Å². The highest BCUT2D eigenvalue weighted by Gasteiger charge is 2.02. The highest BCUT2D eigenvalue weighted by Crippen LogP contribution is 2.16. The Morgan fingerprint density at radius 1 is 1.26 bits per heavy atom. The number of carbonyl (C=O) groups excluding carboxylic acids is 1. The summed E-state index contributed by atoms with van der Waals surface area (Å²) in [4.78, 5) is 11.5. The van der Waals surface area contributed by atoms with E-state index >= 15 is 0 Å². The molecule has 5 heteroatoms. The number of amides is 1. The topological polar surface area (TPSA) is 59.9 Å². The quantitative estimate of drug-likeness (QED) is 0.607. The molecule has 1 rings (SSSR count). The minimum absolute atomic E-state index is 0.0603. The molecule has 5 nitrogen and oxygen atoms in total. The third kappa shape index (κ3) is 5.90. The van der Waals surface area contributed by atoms with Gasteiger partial charge in [0.1, 0.15) is 11.5 Å². The van der Waals surface area contributed by atoms with Gasteiger partial charge < -0.3 is 9.47 Å². The smallest absolute Gasteiger partial charge is 0.277 e. The zero-order valence-corrected chi connectivity index (χ0v) is 11.6. The molecule has 0 fully saturated rings. The van der Waals surface area contributed by atoms with Crippen LogP contribution in [-0.2, 0) is 4.79 Å². The molecular weight excluding hydrogens is 244 g/mol. The van der Waals surface area contributed by atoms with Crippen molar-refractivity contribution in [2.45, 2.75) is 26.7 Å². The summed E-state index contributed by atoms with van der Waals surface area (Å²) in [5.74, 6) is 1.09. The van der Waals surface area contributed by atoms with Crippen molar-refractivity contribution in [3.63, 3.8) is 0 Å². The first-order chi connectivity index (χ1) is 9.15. The van der Waals surface area contributed by atoms with E-state index in [0.717, 1.165) is 24.3 Å². The van der Waals surface area contributed by atoms with E-state index in [0.29, 0.717) is 5.75 Å². The maximum absolute atomic E-state index is 11.5. The van der Waals surface area contributed by atoms with Crippen LogP contribution in [0.15, 0.2) is 29.4 Å². The van der Waals surface area contributed by atoms with Crippen LogP contribution in [0.1, 0.15) is 26.7 Å². The minimum Gasteiger partial charge on any atom is -0.497 e. The van der Waals surface area contributed by atoms with Gasteiger partial charge in [-0.1, -0.05) is 13.3 Å². The van der Waals surface area contributed by atoms with Gasteiger partial charge in [-0.2, -0.15) is 5.10 Å². The van der Waals surface area contributed by atoms with Crippen LogP contribution < -0.4 is 14.9 Å². The summed E-state index contributed by atoms with van der Waals surface area (Å²) in [6.45, 7) is 3.89.